The predicted molar refractivity (Wildman–Crippen MR) is 76.0 cm³/mol. The van der Waals surface area contributed by atoms with Crippen molar-refractivity contribution in [3.05, 3.63) is 77.1 Å². The largest absolute Gasteiger partial charge is 0.263 e. The van der Waals surface area contributed by atoms with Gasteiger partial charge in [0.2, 0.25) is 0 Å². The first kappa shape index (κ1) is 11.2. The molecule has 0 unspecified atom stereocenters. The molecule has 1 aromatic heterocycles. The Labute approximate surface area is 111 Å². The van der Waals surface area contributed by atoms with Gasteiger partial charge in [-0.25, -0.2) is 0 Å². The second-order valence-corrected chi connectivity index (χ2v) is 4.76. The Bertz CT molecular complexity index is 686. The van der Waals surface area contributed by atoms with E-state index < -0.39 is 0 Å². The topological polar surface area (TPSA) is 12.9 Å². The van der Waals surface area contributed by atoms with Crippen LogP contribution in [-0.2, 0) is 6.42 Å². The van der Waals surface area contributed by atoms with Gasteiger partial charge in [0.25, 0.3) is 0 Å². The minimum atomic E-state index is 0.688. The fraction of sp³-hybridized carbons (Fsp3) is 0.0625. The second kappa shape index (κ2) is 4.79. The molecule has 0 aliphatic rings. The van der Waals surface area contributed by atoms with Gasteiger partial charge in [0.1, 0.15) is 0 Å². The van der Waals surface area contributed by atoms with Gasteiger partial charge < -0.3 is 0 Å². The van der Waals surface area contributed by atoms with Crippen molar-refractivity contribution in [2.75, 3.05) is 0 Å². The molecule has 2 heteroatoms. The zero-order chi connectivity index (χ0) is 12.4. The Kier molecular flexibility index (Phi) is 2.99. The van der Waals surface area contributed by atoms with Gasteiger partial charge in [-0.3, -0.25) is 4.98 Å². The molecule has 0 aliphatic heterocycles. The van der Waals surface area contributed by atoms with Crippen LogP contribution in [0.2, 0.25) is 5.02 Å². The average molecular weight is 254 g/mol. The molecule has 0 amide bonds. The minimum absolute atomic E-state index is 0.688. The summed E-state index contributed by atoms with van der Waals surface area (Å²) < 4.78 is 0. The molecule has 88 valence electrons. The van der Waals surface area contributed by atoms with E-state index in [1.807, 2.05) is 12.3 Å². The van der Waals surface area contributed by atoms with E-state index in [2.05, 4.69) is 47.4 Å². The lowest BCUT2D eigenvalue weighted by molar-refractivity contribution is 1.16. The summed E-state index contributed by atoms with van der Waals surface area (Å²) in [6.45, 7) is 0. The molecule has 0 radical (unpaired) electrons. The summed E-state index contributed by atoms with van der Waals surface area (Å²) in [5.41, 5.74) is 2.44. The van der Waals surface area contributed by atoms with Gasteiger partial charge in [-0.05, 0) is 34.4 Å². The van der Waals surface area contributed by atoms with Crippen LogP contribution in [0.15, 0.2) is 60.9 Å². The molecule has 1 nitrogen and oxygen atoms in total. The van der Waals surface area contributed by atoms with Gasteiger partial charge in [-0.1, -0.05) is 54.1 Å². The lowest BCUT2D eigenvalue weighted by Gasteiger charge is -2.06. The first-order valence-electron chi connectivity index (χ1n) is 5.89. The Balaban J connectivity index is 2.05. The minimum Gasteiger partial charge on any atom is -0.263 e. The molecule has 0 atom stereocenters. The van der Waals surface area contributed by atoms with Gasteiger partial charge in [0, 0.05) is 12.4 Å². The highest BCUT2D eigenvalue weighted by Gasteiger charge is 2.02. The van der Waals surface area contributed by atoms with E-state index in [0.717, 1.165) is 12.0 Å². The summed E-state index contributed by atoms with van der Waals surface area (Å²) in [6, 6.07) is 16.8. The summed E-state index contributed by atoms with van der Waals surface area (Å²) >= 11 is 5.97. The maximum absolute atomic E-state index is 5.97. The van der Waals surface area contributed by atoms with E-state index in [1.54, 1.807) is 6.20 Å². The molecule has 1 heterocycles. The third-order valence-corrected chi connectivity index (χ3v) is 3.24. The fourth-order valence-electron chi connectivity index (χ4n) is 2.22. The highest BCUT2D eigenvalue weighted by atomic mass is 35.5. The first-order chi connectivity index (χ1) is 8.83. The van der Waals surface area contributed by atoms with Crippen molar-refractivity contribution in [3.8, 4) is 0 Å². The number of hydrogen-bond acceptors (Lipinski definition) is 1. The summed E-state index contributed by atoms with van der Waals surface area (Å²) in [5, 5.41) is 3.25. The monoisotopic (exact) mass is 253 g/mol. The van der Waals surface area contributed by atoms with E-state index in [-0.39, 0.29) is 0 Å². The zero-order valence-corrected chi connectivity index (χ0v) is 10.6. The lowest BCUT2D eigenvalue weighted by Crippen LogP contribution is -1.90. The van der Waals surface area contributed by atoms with Crippen molar-refractivity contribution in [1.82, 2.24) is 4.98 Å². The normalized spacial score (nSPS) is 10.7. The van der Waals surface area contributed by atoms with Crippen molar-refractivity contribution < 1.29 is 0 Å². The van der Waals surface area contributed by atoms with Gasteiger partial charge >= 0.3 is 0 Å². The van der Waals surface area contributed by atoms with Crippen LogP contribution in [0.1, 0.15) is 11.1 Å². The Morgan fingerprint density at radius 1 is 0.944 bits per heavy atom. The molecule has 0 fully saturated rings. The summed E-state index contributed by atoms with van der Waals surface area (Å²) in [4.78, 5) is 4.13. The van der Waals surface area contributed by atoms with Gasteiger partial charge in [0.05, 0.1) is 5.02 Å². The van der Waals surface area contributed by atoms with Crippen LogP contribution in [0.3, 0.4) is 0 Å². The number of hydrogen-bond donors (Lipinski definition) is 0. The maximum atomic E-state index is 5.97. The summed E-state index contributed by atoms with van der Waals surface area (Å²) in [6.07, 6.45) is 4.39. The van der Waals surface area contributed by atoms with E-state index >= 15 is 0 Å². The number of fused-ring (bicyclic) bond motifs is 1. The molecular formula is C16H12ClN. The van der Waals surface area contributed by atoms with Gasteiger partial charge in [-0.15, -0.1) is 0 Å². The predicted octanol–water partition coefficient (Wildman–Crippen LogP) is 4.48. The highest BCUT2D eigenvalue weighted by molar-refractivity contribution is 6.30. The van der Waals surface area contributed by atoms with Crippen molar-refractivity contribution in [2.45, 2.75) is 6.42 Å². The van der Waals surface area contributed by atoms with E-state index in [9.17, 15) is 0 Å². The van der Waals surface area contributed by atoms with Gasteiger partial charge in [0.15, 0.2) is 0 Å². The first-order valence-corrected chi connectivity index (χ1v) is 6.27. The van der Waals surface area contributed by atoms with Crippen LogP contribution in [-0.4, -0.2) is 4.98 Å². The average Bonchev–Trinajstić information content (AvgIpc) is 2.39. The lowest BCUT2D eigenvalue weighted by atomic mass is 9.99. The fourth-order valence-corrected chi connectivity index (χ4v) is 2.42. The summed E-state index contributed by atoms with van der Waals surface area (Å²) in [5.74, 6) is 0. The quantitative estimate of drug-likeness (QED) is 0.656. The molecule has 2 aromatic carbocycles. The van der Waals surface area contributed by atoms with Crippen molar-refractivity contribution in [1.29, 1.82) is 0 Å². The van der Waals surface area contributed by atoms with Gasteiger partial charge in [-0.2, -0.15) is 0 Å². The van der Waals surface area contributed by atoms with E-state index in [0.29, 0.717) is 5.02 Å². The van der Waals surface area contributed by atoms with Crippen molar-refractivity contribution >= 4 is 22.4 Å². The molecule has 3 aromatic rings. The van der Waals surface area contributed by atoms with Crippen LogP contribution in [0.4, 0.5) is 0 Å². The molecule has 0 spiro atoms. The number of halogens is 1. The number of benzene rings is 2. The highest BCUT2D eigenvalue weighted by Crippen LogP contribution is 2.21. The van der Waals surface area contributed by atoms with Crippen molar-refractivity contribution in [2.24, 2.45) is 0 Å². The molecule has 18 heavy (non-hydrogen) atoms. The zero-order valence-electron chi connectivity index (χ0n) is 9.81. The molecule has 0 saturated carbocycles. The van der Waals surface area contributed by atoms with E-state index in [1.165, 1.54) is 16.3 Å². The molecule has 0 N–H and O–H groups in total. The van der Waals surface area contributed by atoms with E-state index in [4.69, 9.17) is 11.6 Å². The van der Waals surface area contributed by atoms with Crippen molar-refractivity contribution in [3.63, 3.8) is 0 Å². The third-order valence-electron chi connectivity index (χ3n) is 3.04. The maximum Gasteiger partial charge on any atom is 0.0592 e. The number of rotatable bonds is 2. The number of pyridine rings is 1. The van der Waals surface area contributed by atoms with Crippen LogP contribution >= 0.6 is 11.6 Å². The molecular weight excluding hydrogens is 242 g/mol. The second-order valence-electron chi connectivity index (χ2n) is 4.33. The number of aromatic nitrogens is 1. The molecule has 0 aliphatic carbocycles. The molecule has 0 saturated heterocycles. The Hall–Kier alpha value is -1.86. The van der Waals surface area contributed by atoms with Crippen LogP contribution in [0.5, 0.6) is 0 Å². The molecule has 0 bridgehead atoms. The van der Waals surface area contributed by atoms with Crippen LogP contribution in [0, 0.1) is 0 Å². The van der Waals surface area contributed by atoms with Crippen LogP contribution < -0.4 is 0 Å². The smallest absolute Gasteiger partial charge is 0.0592 e. The van der Waals surface area contributed by atoms with Crippen LogP contribution in [0.25, 0.3) is 10.8 Å². The molecule has 3 rings (SSSR count). The Morgan fingerprint density at radius 3 is 2.67 bits per heavy atom. The standard InChI is InChI=1S/C16H12ClN/c17-15-9-12(10-18-11-15)8-14-6-3-5-13-4-1-2-7-16(13)14/h1-7,9-11H,8H2. The Morgan fingerprint density at radius 2 is 1.78 bits per heavy atom. The number of nitrogens with zero attached hydrogens (tertiary/aromatic N) is 1. The SMILES string of the molecule is Clc1cncc(Cc2cccc3ccccc23)c1. The third kappa shape index (κ3) is 2.22. The summed E-state index contributed by atoms with van der Waals surface area (Å²) in [7, 11) is 0.